The Morgan fingerprint density at radius 2 is 1.29 bits per heavy atom. The van der Waals surface area contributed by atoms with E-state index < -0.39 is 0 Å². The van der Waals surface area contributed by atoms with Crippen LogP contribution >= 0.6 is 0 Å². The third-order valence-corrected chi connectivity index (χ3v) is 3.27. The molecule has 0 aliphatic carbocycles. The van der Waals surface area contributed by atoms with E-state index in [1.165, 1.54) is 5.39 Å². The first-order valence-electron chi connectivity index (χ1n) is 6.92. The van der Waals surface area contributed by atoms with Crippen LogP contribution < -0.4 is 15.2 Å². The molecule has 3 heteroatoms. The second kappa shape index (κ2) is 6.18. The van der Waals surface area contributed by atoms with E-state index in [9.17, 15) is 0 Å². The van der Waals surface area contributed by atoms with Gasteiger partial charge in [-0.15, -0.1) is 0 Å². The van der Waals surface area contributed by atoms with Crippen molar-refractivity contribution < 1.29 is 9.47 Å². The van der Waals surface area contributed by atoms with Crippen molar-refractivity contribution in [1.82, 2.24) is 0 Å². The largest absolute Gasteiger partial charge is 0.489 e. The van der Waals surface area contributed by atoms with Crippen LogP contribution in [0.1, 0.15) is 0 Å². The fourth-order valence-corrected chi connectivity index (χ4v) is 2.24. The highest BCUT2D eigenvalue weighted by Crippen LogP contribution is 2.25. The minimum absolute atomic E-state index is 0.456. The van der Waals surface area contributed by atoms with Gasteiger partial charge in [-0.05, 0) is 23.6 Å². The van der Waals surface area contributed by atoms with Gasteiger partial charge in [0.2, 0.25) is 0 Å². The molecule has 0 saturated carbocycles. The maximum Gasteiger partial charge on any atom is 0.142 e. The van der Waals surface area contributed by atoms with Crippen LogP contribution in [0.15, 0.2) is 66.7 Å². The van der Waals surface area contributed by atoms with Gasteiger partial charge in [-0.1, -0.05) is 48.5 Å². The molecule has 0 radical (unpaired) electrons. The van der Waals surface area contributed by atoms with Crippen LogP contribution in [-0.4, -0.2) is 13.2 Å². The Kier molecular flexibility index (Phi) is 3.92. The zero-order chi connectivity index (χ0) is 14.5. The van der Waals surface area contributed by atoms with Crippen molar-refractivity contribution in [3.05, 3.63) is 66.7 Å². The Morgan fingerprint density at radius 3 is 2.14 bits per heavy atom. The summed E-state index contributed by atoms with van der Waals surface area (Å²) in [4.78, 5) is 0. The SMILES string of the molecule is Nc1ccccc1OCCOc1cccc2ccccc12. The first kappa shape index (κ1) is 13.3. The van der Waals surface area contributed by atoms with Gasteiger partial charge in [0.05, 0.1) is 5.69 Å². The predicted octanol–water partition coefficient (Wildman–Crippen LogP) is 3.88. The van der Waals surface area contributed by atoms with Gasteiger partial charge in [0, 0.05) is 5.39 Å². The van der Waals surface area contributed by atoms with Crippen LogP contribution in [0.4, 0.5) is 5.69 Å². The summed E-state index contributed by atoms with van der Waals surface area (Å²) in [5.41, 5.74) is 6.46. The lowest BCUT2D eigenvalue weighted by Gasteiger charge is -2.11. The van der Waals surface area contributed by atoms with E-state index in [2.05, 4.69) is 18.2 Å². The number of nitrogens with two attached hydrogens (primary N) is 1. The highest BCUT2D eigenvalue weighted by atomic mass is 16.5. The van der Waals surface area contributed by atoms with Crippen LogP contribution in [0.5, 0.6) is 11.5 Å². The molecule has 106 valence electrons. The van der Waals surface area contributed by atoms with Gasteiger partial charge in [-0.2, -0.15) is 0 Å². The molecule has 0 fully saturated rings. The normalized spacial score (nSPS) is 10.5. The van der Waals surface area contributed by atoms with Gasteiger partial charge in [-0.25, -0.2) is 0 Å². The number of ether oxygens (including phenoxy) is 2. The van der Waals surface area contributed by atoms with E-state index in [-0.39, 0.29) is 0 Å². The number of rotatable bonds is 5. The van der Waals surface area contributed by atoms with Crippen LogP contribution in [0, 0.1) is 0 Å². The Bertz CT molecular complexity index is 735. The smallest absolute Gasteiger partial charge is 0.142 e. The highest BCUT2D eigenvalue weighted by Gasteiger charge is 2.02. The van der Waals surface area contributed by atoms with E-state index in [0.29, 0.717) is 24.7 Å². The summed E-state index contributed by atoms with van der Waals surface area (Å²) >= 11 is 0. The lowest BCUT2D eigenvalue weighted by atomic mass is 10.1. The van der Waals surface area contributed by atoms with Crippen LogP contribution in [0.25, 0.3) is 10.8 Å². The summed E-state index contributed by atoms with van der Waals surface area (Å²) in [7, 11) is 0. The second-order valence-electron chi connectivity index (χ2n) is 4.71. The fourth-order valence-electron chi connectivity index (χ4n) is 2.24. The highest BCUT2D eigenvalue weighted by molar-refractivity contribution is 5.88. The number of nitrogen functional groups attached to an aromatic ring is 1. The number of fused-ring (bicyclic) bond motifs is 1. The van der Waals surface area contributed by atoms with Crippen molar-refractivity contribution in [2.45, 2.75) is 0 Å². The zero-order valence-corrected chi connectivity index (χ0v) is 11.7. The number of benzene rings is 3. The molecule has 3 rings (SSSR count). The van der Waals surface area contributed by atoms with Crippen LogP contribution in [-0.2, 0) is 0 Å². The molecule has 0 spiro atoms. The van der Waals surface area contributed by atoms with E-state index in [0.717, 1.165) is 11.1 Å². The molecule has 0 unspecified atom stereocenters. The monoisotopic (exact) mass is 279 g/mol. The summed E-state index contributed by atoms with van der Waals surface area (Å²) < 4.78 is 11.4. The van der Waals surface area contributed by atoms with Crippen molar-refractivity contribution in [2.75, 3.05) is 18.9 Å². The van der Waals surface area contributed by atoms with Gasteiger partial charge in [-0.3, -0.25) is 0 Å². The number of para-hydroxylation sites is 2. The Hall–Kier alpha value is -2.68. The second-order valence-corrected chi connectivity index (χ2v) is 4.71. The molecule has 0 aromatic heterocycles. The van der Waals surface area contributed by atoms with Crippen molar-refractivity contribution in [2.24, 2.45) is 0 Å². The predicted molar refractivity (Wildman–Crippen MR) is 85.8 cm³/mol. The minimum atomic E-state index is 0.456. The number of hydrogen-bond acceptors (Lipinski definition) is 3. The van der Waals surface area contributed by atoms with Gasteiger partial charge >= 0.3 is 0 Å². The summed E-state index contributed by atoms with van der Waals surface area (Å²) in [6.07, 6.45) is 0. The Morgan fingerprint density at radius 1 is 0.667 bits per heavy atom. The van der Waals surface area contributed by atoms with Crippen molar-refractivity contribution in [3.63, 3.8) is 0 Å². The van der Waals surface area contributed by atoms with Crippen LogP contribution in [0.3, 0.4) is 0 Å². The minimum Gasteiger partial charge on any atom is -0.489 e. The van der Waals surface area contributed by atoms with Crippen LogP contribution in [0.2, 0.25) is 0 Å². The summed E-state index contributed by atoms with van der Waals surface area (Å²) in [6, 6.07) is 21.7. The van der Waals surface area contributed by atoms with Crippen molar-refractivity contribution in [1.29, 1.82) is 0 Å². The first-order valence-corrected chi connectivity index (χ1v) is 6.92. The molecule has 0 bridgehead atoms. The Labute approximate surface area is 123 Å². The molecule has 2 N–H and O–H groups in total. The maximum atomic E-state index is 5.82. The van der Waals surface area contributed by atoms with E-state index in [1.807, 2.05) is 48.5 Å². The molecule has 3 aromatic rings. The standard InChI is InChI=1S/C18H17NO2/c19-16-9-3-4-10-18(16)21-13-12-20-17-11-5-7-14-6-1-2-8-15(14)17/h1-11H,12-13,19H2. The van der Waals surface area contributed by atoms with Gasteiger partial charge in [0.25, 0.3) is 0 Å². The summed E-state index contributed by atoms with van der Waals surface area (Å²) in [5, 5.41) is 2.28. The molecule has 0 heterocycles. The average Bonchev–Trinajstić information content (AvgIpc) is 2.53. The lowest BCUT2D eigenvalue weighted by molar-refractivity contribution is 0.219. The average molecular weight is 279 g/mol. The first-order chi connectivity index (χ1) is 10.3. The molecule has 3 aromatic carbocycles. The quantitative estimate of drug-likeness (QED) is 0.569. The van der Waals surface area contributed by atoms with E-state index >= 15 is 0 Å². The van der Waals surface area contributed by atoms with Crippen molar-refractivity contribution >= 4 is 16.5 Å². The maximum absolute atomic E-state index is 5.82. The Balaban J connectivity index is 1.61. The lowest BCUT2D eigenvalue weighted by Crippen LogP contribution is -2.10. The summed E-state index contributed by atoms with van der Waals surface area (Å²) in [6.45, 7) is 0.930. The molecule has 0 atom stereocenters. The summed E-state index contributed by atoms with van der Waals surface area (Å²) in [5.74, 6) is 1.57. The van der Waals surface area contributed by atoms with E-state index in [1.54, 1.807) is 0 Å². The molecule has 0 saturated heterocycles. The van der Waals surface area contributed by atoms with Gasteiger partial charge in [0.1, 0.15) is 24.7 Å². The van der Waals surface area contributed by atoms with Crippen molar-refractivity contribution in [3.8, 4) is 11.5 Å². The molecule has 0 aliphatic heterocycles. The third kappa shape index (κ3) is 3.08. The third-order valence-electron chi connectivity index (χ3n) is 3.27. The molecule has 0 amide bonds. The van der Waals surface area contributed by atoms with E-state index in [4.69, 9.17) is 15.2 Å². The molecule has 0 aliphatic rings. The number of hydrogen-bond donors (Lipinski definition) is 1. The number of anilines is 1. The molecule has 21 heavy (non-hydrogen) atoms. The topological polar surface area (TPSA) is 44.5 Å². The molecule has 3 nitrogen and oxygen atoms in total. The molecular formula is C18H17NO2. The van der Waals surface area contributed by atoms with Gasteiger partial charge < -0.3 is 15.2 Å². The zero-order valence-electron chi connectivity index (χ0n) is 11.7. The fraction of sp³-hybridized carbons (Fsp3) is 0.111. The molecular weight excluding hydrogens is 262 g/mol. The van der Waals surface area contributed by atoms with Gasteiger partial charge in [0.15, 0.2) is 0 Å².